The maximum absolute atomic E-state index is 13.8. The monoisotopic (exact) mass is 385 g/mol. The van der Waals surface area contributed by atoms with E-state index in [1.807, 2.05) is 11.0 Å². The van der Waals surface area contributed by atoms with Crippen LogP contribution in [0.4, 0.5) is 10.3 Å². The molecular formula is C20H24FN5O2. The molecular weight excluding hydrogens is 361 g/mol. The Morgan fingerprint density at radius 3 is 2.89 bits per heavy atom. The van der Waals surface area contributed by atoms with E-state index in [0.717, 1.165) is 25.9 Å². The van der Waals surface area contributed by atoms with Gasteiger partial charge in [0.2, 0.25) is 11.9 Å². The Balaban J connectivity index is 1.62. The predicted molar refractivity (Wildman–Crippen MR) is 103 cm³/mol. The summed E-state index contributed by atoms with van der Waals surface area (Å²) in [5.41, 5.74) is 7.93. The third-order valence-corrected chi connectivity index (χ3v) is 5.32. The highest BCUT2D eigenvalue weighted by Gasteiger charge is 2.33. The van der Waals surface area contributed by atoms with Crippen LogP contribution in [0.15, 0.2) is 30.5 Å². The van der Waals surface area contributed by atoms with Crippen LogP contribution in [0.2, 0.25) is 0 Å². The van der Waals surface area contributed by atoms with Crippen molar-refractivity contribution in [3.8, 4) is 11.1 Å². The van der Waals surface area contributed by atoms with Crippen LogP contribution in [0.25, 0.3) is 11.1 Å². The van der Waals surface area contributed by atoms with E-state index in [2.05, 4.69) is 14.9 Å². The van der Waals surface area contributed by atoms with Crippen molar-refractivity contribution < 1.29 is 13.9 Å². The fraction of sp³-hybridized carbons (Fsp3) is 0.450. The number of carbonyl (C=O) groups excluding carboxylic acids is 1. The van der Waals surface area contributed by atoms with E-state index in [0.29, 0.717) is 43.1 Å². The Bertz CT molecular complexity index is 856. The molecule has 0 spiro atoms. The van der Waals surface area contributed by atoms with E-state index in [1.54, 1.807) is 12.3 Å². The molecule has 2 aliphatic heterocycles. The summed E-state index contributed by atoms with van der Waals surface area (Å²) in [6, 6.07) is 6.14. The summed E-state index contributed by atoms with van der Waals surface area (Å²) in [6.07, 6.45) is 3.31. The topological polar surface area (TPSA) is 84.6 Å². The number of hydrogen-bond donors (Lipinski definition) is 1. The lowest BCUT2D eigenvalue weighted by Crippen LogP contribution is -2.44. The van der Waals surface area contributed by atoms with Crippen LogP contribution in [0.3, 0.4) is 0 Å². The number of anilines is 1. The van der Waals surface area contributed by atoms with Crippen LogP contribution in [-0.2, 0) is 9.53 Å². The number of halogens is 1. The molecule has 0 saturated carbocycles. The summed E-state index contributed by atoms with van der Waals surface area (Å²) in [4.78, 5) is 25.5. The number of rotatable bonds is 4. The highest BCUT2D eigenvalue weighted by Crippen LogP contribution is 2.36. The van der Waals surface area contributed by atoms with Gasteiger partial charge in [0.15, 0.2) is 0 Å². The van der Waals surface area contributed by atoms with Crippen molar-refractivity contribution >= 4 is 11.9 Å². The van der Waals surface area contributed by atoms with Crippen LogP contribution in [0, 0.1) is 5.82 Å². The SMILES string of the molecule is Nc1ncc(-c2cccc(F)c2)c([C@H]2CCCN2C(=O)CN2CCOCC2)n1. The third kappa shape index (κ3) is 3.98. The maximum Gasteiger partial charge on any atom is 0.237 e. The van der Waals surface area contributed by atoms with Gasteiger partial charge in [0.25, 0.3) is 0 Å². The van der Waals surface area contributed by atoms with Gasteiger partial charge in [-0.15, -0.1) is 0 Å². The normalized spacial score (nSPS) is 20.5. The number of likely N-dealkylation sites (tertiary alicyclic amines) is 1. The molecule has 0 unspecified atom stereocenters. The van der Waals surface area contributed by atoms with Crippen molar-refractivity contribution in [1.82, 2.24) is 19.8 Å². The molecule has 148 valence electrons. The molecule has 1 amide bonds. The summed E-state index contributed by atoms with van der Waals surface area (Å²) < 4.78 is 19.1. The van der Waals surface area contributed by atoms with Crippen molar-refractivity contribution in [2.45, 2.75) is 18.9 Å². The lowest BCUT2D eigenvalue weighted by molar-refractivity contribution is -0.134. The largest absolute Gasteiger partial charge is 0.379 e. The third-order valence-electron chi connectivity index (χ3n) is 5.32. The van der Waals surface area contributed by atoms with Crippen molar-refractivity contribution in [2.24, 2.45) is 0 Å². The molecule has 0 aliphatic carbocycles. The quantitative estimate of drug-likeness (QED) is 0.865. The second-order valence-corrected chi connectivity index (χ2v) is 7.17. The van der Waals surface area contributed by atoms with Gasteiger partial charge in [0.1, 0.15) is 5.82 Å². The summed E-state index contributed by atoms with van der Waals surface area (Å²) in [7, 11) is 0. The fourth-order valence-electron chi connectivity index (χ4n) is 3.93. The molecule has 1 aromatic carbocycles. The molecule has 0 bridgehead atoms. The zero-order valence-corrected chi connectivity index (χ0v) is 15.7. The Morgan fingerprint density at radius 1 is 1.29 bits per heavy atom. The number of benzene rings is 1. The molecule has 8 heteroatoms. The number of nitrogen functional groups attached to an aromatic ring is 1. The van der Waals surface area contributed by atoms with Crippen molar-refractivity contribution in [3.63, 3.8) is 0 Å². The molecule has 2 aromatic rings. The van der Waals surface area contributed by atoms with Crippen molar-refractivity contribution in [2.75, 3.05) is 45.1 Å². The van der Waals surface area contributed by atoms with E-state index in [4.69, 9.17) is 10.5 Å². The minimum atomic E-state index is -0.327. The van der Waals surface area contributed by atoms with E-state index in [-0.39, 0.29) is 23.7 Å². The zero-order valence-electron chi connectivity index (χ0n) is 15.7. The van der Waals surface area contributed by atoms with Gasteiger partial charge in [-0.1, -0.05) is 12.1 Å². The van der Waals surface area contributed by atoms with Gasteiger partial charge >= 0.3 is 0 Å². The number of hydrogen-bond acceptors (Lipinski definition) is 6. The second kappa shape index (κ2) is 8.20. The molecule has 1 aromatic heterocycles. The lowest BCUT2D eigenvalue weighted by Gasteiger charge is -2.31. The molecule has 2 N–H and O–H groups in total. The molecule has 2 saturated heterocycles. The Labute approximate surface area is 163 Å². The van der Waals surface area contributed by atoms with E-state index in [1.165, 1.54) is 12.1 Å². The molecule has 2 fully saturated rings. The maximum atomic E-state index is 13.8. The van der Waals surface area contributed by atoms with Crippen LogP contribution in [0.5, 0.6) is 0 Å². The standard InChI is InChI=1S/C20H24FN5O2/c21-15-4-1-3-14(11-15)16-12-23-20(22)24-19(16)17-5-2-6-26(17)18(27)13-25-7-9-28-10-8-25/h1,3-4,11-12,17H,2,5-10,13H2,(H2,22,23,24)/t17-/m1/s1. The number of nitrogens with two attached hydrogens (primary N) is 1. The van der Waals surface area contributed by atoms with E-state index < -0.39 is 0 Å². The first-order valence-corrected chi connectivity index (χ1v) is 9.60. The van der Waals surface area contributed by atoms with Gasteiger partial charge in [0, 0.05) is 31.4 Å². The number of aromatic nitrogens is 2. The molecule has 4 rings (SSSR count). The van der Waals surface area contributed by atoms with Crippen molar-refractivity contribution in [1.29, 1.82) is 0 Å². The number of carbonyl (C=O) groups is 1. The summed E-state index contributed by atoms with van der Waals surface area (Å²) >= 11 is 0. The Hall–Kier alpha value is -2.58. The number of nitrogens with zero attached hydrogens (tertiary/aromatic N) is 4. The molecule has 0 radical (unpaired) electrons. The van der Waals surface area contributed by atoms with E-state index >= 15 is 0 Å². The minimum absolute atomic E-state index is 0.0757. The van der Waals surface area contributed by atoms with Crippen LogP contribution in [0.1, 0.15) is 24.6 Å². The first kappa shape index (κ1) is 18.8. The summed E-state index contributed by atoms with van der Waals surface area (Å²) in [5, 5.41) is 0. The Morgan fingerprint density at radius 2 is 2.11 bits per heavy atom. The summed E-state index contributed by atoms with van der Waals surface area (Å²) in [5.74, 6) is -0.0960. The zero-order chi connectivity index (χ0) is 19.5. The highest BCUT2D eigenvalue weighted by atomic mass is 19.1. The summed E-state index contributed by atoms with van der Waals surface area (Å²) in [6.45, 7) is 3.89. The van der Waals surface area contributed by atoms with Crippen LogP contribution >= 0.6 is 0 Å². The number of morpholine rings is 1. The molecule has 1 atom stereocenters. The molecule has 7 nitrogen and oxygen atoms in total. The van der Waals surface area contributed by atoms with Gasteiger partial charge in [-0.25, -0.2) is 14.4 Å². The Kier molecular flexibility index (Phi) is 5.50. The first-order chi connectivity index (χ1) is 13.6. The molecule has 3 heterocycles. The van der Waals surface area contributed by atoms with Crippen LogP contribution < -0.4 is 5.73 Å². The molecule has 2 aliphatic rings. The average Bonchev–Trinajstić information content (AvgIpc) is 3.18. The first-order valence-electron chi connectivity index (χ1n) is 9.60. The van der Waals surface area contributed by atoms with Gasteiger partial charge in [0.05, 0.1) is 31.5 Å². The van der Waals surface area contributed by atoms with E-state index in [9.17, 15) is 9.18 Å². The van der Waals surface area contributed by atoms with Gasteiger partial charge in [-0.05, 0) is 30.5 Å². The van der Waals surface area contributed by atoms with Crippen molar-refractivity contribution in [3.05, 3.63) is 42.0 Å². The van der Waals surface area contributed by atoms with Crippen LogP contribution in [-0.4, -0.2) is 65.1 Å². The average molecular weight is 385 g/mol. The minimum Gasteiger partial charge on any atom is -0.379 e. The van der Waals surface area contributed by atoms with Gasteiger partial charge < -0.3 is 15.4 Å². The number of amides is 1. The molecule has 28 heavy (non-hydrogen) atoms. The smallest absolute Gasteiger partial charge is 0.237 e. The fourth-order valence-corrected chi connectivity index (χ4v) is 3.93. The lowest BCUT2D eigenvalue weighted by atomic mass is 9.99. The van der Waals surface area contributed by atoms with Gasteiger partial charge in [-0.3, -0.25) is 9.69 Å². The van der Waals surface area contributed by atoms with Gasteiger partial charge in [-0.2, -0.15) is 0 Å². The highest BCUT2D eigenvalue weighted by molar-refractivity contribution is 5.79. The number of ether oxygens (including phenoxy) is 1. The predicted octanol–water partition coefficient (Wildman–Crippen LogP) is 1.86. The second-order valence-electron chi connectivity index (χ2n) is 7.17.